The Labute approximate surface area is 831 Å². The Balaban J connectivity index is 0.000000204. The molecule has 0 bridgehead atoms. The van der Waals surface area contributed by atoms with Crippen LogP contribution < -0.4 is 18.9 Å². The molecule has 15 aliphatic carbocycles. The predicted octanol–water partition coefficient (Wildman–Crippen LogP) is 26.9. The molecule has 1 saturated heterocycles. The summed E-state index contributed by atoms with van der Waals surface area (Å²) >= 11 is 0. The number of hydrogen-bond acceptors (Lipinski definition) is 11. The van der Waals surface area contributed by atoms with Crippen molar-refractivity contribution in [1.82, 2.24) is 0 Å². The molecule has 0 aromatic heterocycles. The Bertz CT molecular complexity index is 4170. The van der Waals surface area contributed by atoms with Crippen LogP contribution in [0.1, 0.15) is 456 Å². The molecular weight excluding hydrogens is 1680 g/mol. The van der Waals surface area contributed by atoms with Crippen LogP contribution >= 0.6 is 0 Å². The van der Waals surface area contributed by atoms with Crippen molar-refractivity contribution in [1.29, 1.82) is 0 Å². The van der Waals surface area contributed by atoms with Crippen molar-refractivity contribution in [2.75, 3.05) is 19.5 Å². The number of aliphatic hydroxyl groups is 6. The summed E-state index contributed by atoms with van der Waals surface area (Å²) in [6.45, 7) is 49.4. The molecule has 28 atom stereocenters. The quantitative estimate of drug-likeness (QED) is 0.0471. The SMILES string of the molecule is C.C.C.CCC1(C)CCC(O)(CC([C@@H](C)[C@H]2CC[C@H]3[C@@H]4CC[C@H]5C[C@@](C)(O)CC[C@]5(C)[C@H]4CC[C@]23C)S(=O)(=O)c2ccccc2)CC1.CCC1(C)CCC(O)(CC[C@@H](C)[C@H]2CC[C@H]3[C@@H]4CC[C@H]5C[C@@](C)(O)CC[C@]5(C)[C@H]4CC[C@]23C)CC1.CCC1(C)CCC2(CC1)CO2.CO.C[C@H](CS(=O)(=O)c1ccccc1)[C@H]1CC[C@H]2[C@@H]3CC[C@H]4C[C@@](C)(O)CC[C@]4(C)[C@H]3CC[C@]12C.[CH2-]CCC.[Li+]. The zero-order valence-electron chi connectivity index (χ0n) is 87.1. The molecule has 1 unspecified atom stereocenters. The average Bonchev–Trinajstić information content (AvgIpc) is 1.65. The molecule has 133 heavy (non-hydrogen) atoms. The molecule has 6 N–H and O–H groups in total. The Kier molecular flexibility index (Phi) is 38.0. The molecule has 2 aromatic rings. The number of ether oxygens (including phenoxy) is 1. The van der Waals surface area contributed by atoms with E-state index < -0.39 is 52.9 Å². The van der Waals surface area contributed by atoms with E-state index in [1.54, 1.807) is 24.3 Å². The van der Waals surface area contributed by atoms with E-state index in [0.717, 1.165) is 169 Å². The summed E-state index contributed by atoms with van der Waals surface area (Å²) < 4.78 is 60.8. The average molecular weight is 1890 g/mol. The van der Waals surface area contributed by atoms with Crippen LogP contribution in [0.3, 0.4) is 0 Å². The van der Waals surface area contributed by atoms with E-state index in [1.165, 1.54) is 186 Å². The van der Waals surface area contributed by atoms with Gasteiger partial charge in [0, 0.05) is 7.11 Å². The molecule has 11 nitrogen and oxygen atoms in total. The standard InChI is InChI=1S/C39H62O4S.C33H58O2.C29H44O3S.C10H18O.C4H9.CH4O.3CH4.Li/c1-7-35(3)19-23-39(41,24-20-35)26-34(44(42,43)29-11-9-8-10-12-29)27(2)31-15-16-32-30-14-13-28-25-36(4,40)21-22-37(28,5)33(30)17-18-38(31,32)6;1-7-29(3)16-20-33(35,21-17-29)15-12-23(2)26-10-11-27-25-9-8-24-22-30(4,34)18-19-31(24,5)28(25)13-14-32(26,27)6;1-20(19-33(31,32)22-8-6-5-7-9-22)24-12-13-25-23-11-10-21-18-27(2,30)16-17-28(21,3)26(23)14-15-29(24,25)4;1-3-9(2)4-6-10(7-5-9)8-11-10;1-3-4-2;1-2;;;;/h8-12,27-28,30-34,40-41H,7,13-26H2,1-6H3;23-28,34-35H,7-22H2,1-6H3;5-9,20-21,23-26,30H,10-19H2,1-4H3;3-8H2,1-2H3;1,3-4H2,2H3;2H,1H3;3*1H4;/q;;;;-1;;;;;+1/t27-,28-,30-,31+,32-,33-,34?,35?,36-,37-,38+,39?;23-,24+,25+,26-,27+,28+,29?,30+,31+,32-,33?;20-,21+,23+,24-,25+,26+,27+,28+,29-;;;;;;;/m011......./s1. The van der Waals surface area contributed by atoms with Gasteiger partial charge in [0.1, 0.15) is 0 Å². The van der Waals surface area contributed by atoms with E-state index in [0.29, 0.717) is 103 Å². The van der Waals surface area contributed by atoms with Gasteiger partial charge >= 0.3 is 18.9 Å². The molecule has 762 valence electrons. The normalized spacial score (nSPS) is 45.9. The number of epoxide rings is 1. The molecule has 1 aliphatic heterocycles. The van der Waals surface area contributed by atoms with E-state index in [9.17, 15) is 42.4 Å². The Morgan fingerprint density at radius 1 is 0.383 bits per heavy atom. The number of rotatable bonds is 18. The van der Waals surface area contributed by atoms with Gasteiger partial charge in [0.15, 0.2) is 19.7 Å². The van der Waals surface area contributed by atoms with Crippen molar-refractivity contribution in [2.24, 2.45) is 155 Å². The van der Waals surface area contributed by atoms with Crippen LogP contribution in [0.25, 0.3) is 0 Å². The first-order chi connectivity index (χ1) is 60.5. The molecule has 15 saturated carbocycles. The fraction of sp³-hybridized carbons (Fsp3) is 0.891. The zero-order chi connectivity index (χ0) is 94.1. The molecule has 0 radical (unpaired) electrons. The van der Waals surface area contributed by atoms with E-state index in [-0.39, 0.29) is 75.0 Å². The van der Waals surface area contributed by atoms with Crippen LogP contribution in [0.2, 0.25) is 0 Å². The van der Waals surface area contributed by atoms with Crippen LogP contribution in [0.4, 0.5) is 0 Å². The fourth-order valence-electron chi connectivity index (χ4n) is 34.9. The number of unbranched alkanes of at least 4 members (excludes halogenated alkanes) is 1. The van der Waals surface area contributed by atoms with Gasteiger partial charge in [0.25, 0.3) is 0 Å². The zero-order valence-corrected chi connectivity index (χ0v) is 88.8. The molecule has 1 heterocycles. The van der Waals surface area contributed by atoms with Gasteiger partial charge in [-0.15, -0.1) is 0 Å². The number of hydrogen-bond donors (Lipinski definition) is 6. The van der Waals surface area contributed by atoms with Crippen LogP contribution in [0.15, 0.2) is 70.5 Å². The Morgan fingerprint density at radius 3 is 1.05 bits per heavy atom. The first-order valence-electron chi connectivity index (χ1n) is 54.5. The first kappa shape index (κ1) is 115. The van der Waals surface area contributed by atoms with E-state index in [4.69, 9.17) is 9.84 Å². The van der Waals surface area contributed by atoms with Gasteiger partial charge in [0.2, 0.25) is 0 Å². The van der Waals surface area contributed by atoms with Gasteiger partial charge in [-0.3, -0.25) is 0 Å². The summed E-state index contributed by atoms with van der Waals surface area (Å²) in [5.41, 5.74) is 1.12. The van der Waals surface area contributed by atoms with Crippen molar-refractivity contribution < 1.29 is 71.1 Å². The van der Waals surface area contributed by atoms with Crippen molar-refractivity contribution in [3.05, 3.63) is 67.6 Å². The van der Waals surface area contributed by atoms with Crippen molar-refractivity contribution in [3.63, 3.8) is 0 Å². The third kappa shape index (κ3) is 23.8. The molecule has 16 aliphatic rings. The van der Waals surface area contributed by atoms with Crippen molar-refractivity contribution >= 4 is 19.7 Å². The van der Waals surface area contributed by atoms with Gasteiger partial charge < -0.3 is 42.3 Å². The molecule has 14 heteroatoms. The minimum atomic E-state index is -3.62. The molecule has 18 rings (SSSR count). The number of aliphatic hydroxyl groups excluding tert-OH is 1. The summed E-state index contributed by atoms with van der Waals surface area (Å²) in [6, 6.07) is 18.1. The summed E-state index contributed by atoms with van der Waals surface area (Å²) in [5.74, 6) is 12.0. The van der Waals surface area contributed by atoms with Crippen molar-refractivity contribution in [3.8, 4) is 0 Å². The van der Waals surface area contributed by atoms with Gasteiger partial charge in [-0.25, -0.2) is 16.8 Å². The summed E-state index contributed by atoms with van der Waals surface area (Å²) in [4.78, 5) is 0.886. The molecule has 2 aromatic carbocycles. The molecule has 1 spiro atoms. The van der Waals surface area contributed by atoms with E-state index in [2.05, 4.69) is 125 Å². The molecular formula is C119H207LiO11S2. The summed E-state index contributed by atoms with van der Waals surface area (Å²) in [5, 5.41) is 62.3. The van der Waals surface area contributed by atoms with Crippen molar-refractivity contribution in [2.45, 2.75) is 504 Å². The van der Waals surface area contributed by atoms with Gasteiger partial charge in [0.05, 0.1) is 61.0 Å². The van der Waals surface area contributed by atoms with Crippen LogP contribution in [0.5, 0.6) is 0 Å². The monoisotopic (exact) mass is 1880 g/mol. The van der Waals surface area contributed by atoms with Crippen LogP contribution in [0, 0.1) is 162 Å². The maximum absolute atomic E-state index is 14.5. The second-order valence-corrected chi connectivity index (χ2v) is 56.8. The number of benzene rings is 2. The number of fused-ring (bicyclic) bond motifs is 15. The molecule has 0 amide bonds. The maximum Gasteiger partial charge on any atom is 1.00 e. The topological polar surface area (TPSA) is 202 Å². The van der Waals surface area contributed by atoms with Gasteiger partial charge in [-0.1, -0.05) is 195 Å². The Morgan fingerprint density at radius 2 is 0.699 bits per heavy atom. The predicted molar refractivity (Wildman–Crippen MR) is 553 cm³/mol. The third-order valence-electron chi connectivity index (χ3n) is 45.0. The first-order valence-corrected chi connectivity index (χ1v) is 57.7. The van der Waals surface area contributed by atoms with Crippen LogP contribution in [-0.2, 0) is 24.4 Å². The van der Waals surface area contributed by atoms with E-state index in [1.807, 2.05) is 50.2 Å². The second kappa shape index (κ2) is 43.9. The third-order valence-corrected chi connectivity index (χ3v) is 49.3. The minimum absolute atomic E-state index is 0. The largest absolute Gasteiger partial charge is 1.00 e. The minimum Gasteiger partial charge on any atom is -0.400 e. The number of sulfone groups is 2. The summed E-state index contributed by atoms with van der Waals surface area (Å²) in [7, 11) is -5.86. The fourth-order valence-corrected chi connectivity index (χ4v) is 38.7. The van der Waals surface area contributed by atoms with Gasteiger partial charge in [-0.05, 0) is 470 Å². The molecule has 16 fully saturated rings. The van der Waals surface area contributed by atoms with Crippen LogP contribution in [-0.4, -0.2) is 106 Å². The second-order valence-electron chi connectivity index (χ2n) is 52.6. The smallest absolute Gasteiger partial charge is 0.400 e. The summed E-state index contributed by atoms with van der Waals surface area (Å²) in [6.07, 6.45) is 54.4. The Hall–Kier alpha value is -1.34. The van der Waals surface area contributed by atoms with E-state index >= 15 is 0 Å². The maximum atomic E-state index is 14.5. The van der Waals surface area contributed by atoms with Gasteiger partial charge in [-0.2, -0.15) is 6.42 Å².